The second kappa shape index (κ2) is 3.95. The van der Waals surface area contributed by atoms with Crippen LogP contribution in [0.15, 0.2) is 12.7 Å². The number of hydrogen-bond donors (Lipinski definition) is 0. The zero-order valence-corrected chi connectivity index (χ0v) is 8.51. The van der Waals surface area contributed by atoms with Crippen LogP contribution in [0.1, 0.15) is 32.6 Å². The lowest BCUT2D eigenvalue weighted by Crippen LogP contribution is -2.33. The lowest BCUT2D eigenvalue weighted by atomic mass is 9.76. The summed E-state index contributed by atoms with van der Waals surface area (Å²) < 4.78 is 4.81. The Hall–Kier alpha value is -0.790. The summed E-state index contributed by atoms with van der Waals surface area (Å²) in [4.78, 5) is 11.6. The second-order valence-electron chi connectivity index (χ2n) is 3.96. The summed E-state index contributed by atoms with van der Waals surface area (Å²) in [6.45, 7) is 5.68. The Balaban J connectivity index is 2.78. The first-order valence-electron chi connectivity index (χ1n) is 4.87. The zero-order valence-electron chi connectivity index (χ0n) is 8.51. The number of hydrogen-bond acceptors (Lipinski definition) is 2. The van der Waals surface area contributed by atoms with E-state index < -0.39 is 5.41 Å². The maximum Gasteiger partial charge on any atom is 0.315 e. The van der Waals surface area contributed by atoms with Gasteiger partial charge in [-0.3, -0.25) is 4.79 Å². The van der Waals surface area contributed by atoms with E-state index in [0.29, 0.717) is 5.92 Å². The van der Waals surface area contributed by atoms with E-state index >= 15 is 0 Å². The van der Waals surface area contributed by atoms with Gasteiger partial charge in [0.25, 0.3) is 0 Å². The minimum absolute atomic E-state index is 0.144. The molecule has 1 saturated carbocycles. The van der Waals surface area contributed by atoms with Crippen LogP contribution in [0.25, 0.3) is 0 Å². The van der Waals surface area contributed by atoms with Crippen molar-refractivity contribution in [1.29, 1.82) is 0 Å². The van der Waals surface area contributed by atoms with Crippen molar-refractivity contribution in [2.45, 2.75) is 32.6 Å². The molecule has 0 bridgehead atoms. The predicted octanol–water partition coefficient (Wildman–Crippen LogP) is 2.54. The maximum atomic E-state index is 11.6. The first kappa shape index (κ1) is 10.3. The van der Waals surface area contributed by atoms with E-state index in [2.05, 4.69) is 6.58 Å². The highest BCUT2D eigenvalue weighted by molar-refractivity contribution is 5.78. The Labute approximate surface area is 80.0 Å². The fraction of sp³-hybridized carbons (Fsp3) is 0.727. The van der Waals surface area contributed by atoms with Crippen LogP contribution in [-0.2, 0) is 9.53 Å². The third kappa shape index (κ3) is 1.77. The highest BCUT2D eigenvalue weighted by atomic mass is 16.5. The van der Waals surface area contributed by atoms with Gasteiger partial charge in [-0.25, -0.2) is 0 Å². The standard InChI is InChI=1S/C11H18O2/c1-4-11(2,10(12)13-3)9-7-5-6-8-9/h4,9H,1,5-8H2,2-3H3/t11-/m0/s1. The van der Waals surface area contributed by atoms with Crippen molar-refractivity contribution in [3.63, 3.8) is 0 Å². The Morgan fingerprint density at radius 2 is 2.08 bits per heavy atom. The van der Waals surface area contributed by atoms with Gasteiger partial charge in [0.1, 0.15) is 0 Å². The topological polar surface area (TPSA) is 26.3 Å². The number of carbonyl (C=O) groups excluding carboxylic acids is 1. The Kier molecular flexibility index (Phi) is 3.12. The Morgan fingerprint density at radius 3 is 2.46 bits per heavy atom. The van der Waals surface area contributed by atoms with Gasteiger partial charge in [-0.15, -0.1) is 6.58 Å². The van der Waals surface area contributed by atoms with Crippen molar-refractivity contribution >= 4 is 5.97 Å². The lowest BCUT2D eigenvalue weighted by Gasteiger charge is -2.29. The third-order valence-electron chi connectivity index (χ3n) is 3.25. The molecule has 1 aliphatic rings. The molecule has 0 saturated heterocycles. The van der Waals surface area contributed by atoms with Crippen molar-refractivity contribution in [3.8, 4) is 0 Å². The van der Waals surface area contributed by atoms with Crippen LogP contribution in [0.2, 0.25) is 0 Å². The molecule has 0 spiro atoms. The van der Waals surface area contributed by atoms with Crippen LogP contribution >= 0.6 is 0 Å². The Bertz CT molecular complexity index is 204. The number of ether oxygens (including phenoxy) is 1. The molecule has 1 rings (SSSR count). The summed E-state index contributed by atoms with van der Waals surface area (Å²) in [5, 5.41) is 0. The van der Waals surface area contributed by atoms with E-state index in [1.165, 1.54) is 20.0 Å². The van der Waals surface area contributed by atoms with Gasteiger partial charge in [-0.05, 0) is 25.7 Å². The first-order valence-corrected chi connectivity index (χ1v) is 4.87. The molecule has 0 unspecified atom stereocenters. The lowest BCUT2D eigenvalue weighted by molar-refractivity contribution is -0.151. The minimum atomic E-state index is -0.467. The zero-order chi connectivity index (χ0) is 9.90. The van der Waals surface area contributed by atoms with E-state index in [0.717, 1.165) is 12.8 Å². The number of carbonyl (C=O) groups is 1. The number of methoxy groups -OCH3 is 1. The molecule has 0 aromatic rings. The summed E-state index contributed by atoms with van der Waals surface area (Å²) in [6, 6.07) is 0. The SMILES string of the molecule is C=C[C@](C)(C(=O)OC)C1CCCC1. The van der Waals surface area contributed by atoms with Crippen molar-refractivity contribution in [1.82, 2.24) is 0 Å². The van der Waals surface area contributed by atoms with Gasteiger partial charge >= 0.3 is 5.97 Å². The summed E-state index contributed by atoms with van der Waals surface area (Å²) in [7, 11) is 1.44. The van der Waals surface area contributed by atoms with Crippen LogP contribution < -0.4 is 0 Å². The predicted molar refractivity (Wildman–Crippen MR) is 52.3 cm³/mol. The quantitative estimate of drug-likeness (QED) is 0.495. The van der Waals surface area contributed by atoms with Crippen LogP contribution in [0.4, 0.5) is 0 Å². The van der Waals surface area contributed by atoms with Crippen molar-refractivity contribution in [2.24, 2.45) is 11.3 Å². The first-order chi connectivity index (χ1) is 6.15. The van der Waals surface area contributed by atoms with E-state index in [-0.39, 0.29) is 5.97 Å². The van der Waals surface area contributed by atoms with E-state index in [9.17, 15) is 4.79 Å². The molecular formula is C11H18O2. The Morgan fingerprint density at radius 1 is 1.54 bits per heavy atom. The largest absolute Gasteiger partial charge is 0.468 e. The second-order valence-corrected chi connectivity index (χ2v) is 3.96. The van der Waals surface area contributed by atoms with Crippen LogP contribution in [0.3, 0.4) is 0 Å². The number of rotatable bonds is 3. The molecule has 74 valence electrons. The molecule has 0 aromatic carbocycles. The van der Waals surface area contributed by atoms with Gasteiger partial charge in [-0.1, -0.05) is 18.9 Å². The van der Waals surface area contributed by atoms with Crippen LogP contribution in [-0.4, -0.2) is 13.1 Å². The van der Waals surface area contributed by atoms with Gasteiger partial charge in [0.05, 0.1) is 12.5 Å². The molecule has 0 radical (unpaired) electrons. The normalized spacial score (nSPS) is 22.3. The molecule has 1 fully saturated rings. The third-order valence-corrected chi connectivity index (χ3v) is 3.25. The van der Waals surface area contributed by atoms with Crippen molar-refractivity contribution < 1.29 is 9.53 Å². The van der Waals surface area contributed by atoms with E-state index in [1.807, 2.05) is 6.92 Å². The summed E-state index contributed by atoms with van der Waals surface area (Å²) in [6.07, 6.45) is 6.44. The van der Waals surface area contributed by atoms with Gasteiger partial charge in [0.15, 0.2) is 0 Å². The van der Waals surface area contributed by atoms with Crippen LogP contribution in [0, 0.1) is 11.3 Å². The number of esters is 1. The maximum absolute atomic E-state index is 11.6. The molecule has 0 aromatic heterocycles. The molecule has 0 aliphatic heterocycles. The molecule has 0 N–H and O–H groups in total. The molecule has 2 nitrogen and oxygen atoms in total. The monoisotopic (exact) mass is 182 g/mol. The molecule has 2 heteroatoms. The van der Waals surface area contributed by atoms with Gasteiger partial charge < -0.3 is 4.74 Å². The molecule has 1 atom stereocenters. The van der Waals surface area contributed by atoms with Gasteiger partial charge in [0, 0.05) is 0 Å². The van der Waals surface area contributed by atoms with Gasteiger partial charge in [0.2, 0.25) is 0 Å². The fourth-order valence-corrected chi connectivity index (χ4v) is 2.16. The summed E-state index contributed by atoms with van der Waals surface area (Å²) in [5.41, 5.74) is -0.467. The van der Waals surface area contributed by atoms with Gasteiger partial charge in [-0.2, -0.15) is 0 Å². The van der Waals surface area contributed by atoms with Crippen molar-refractivity contribution in [2.75, 3.05) is 7.11 Å². The molecule has 0 heterocycles. The van der Waals surface area contributed by atoms with E-state index in [1.54, 1.807) is 6.08 Å². The minimum Gasteiger partial charge on any atom is -0.468 e. The highest BCUT2D eigenvalue weighted by Gasteiger charge is 2.40. The average Bonchev–Trinajstić information content (AvgIpc) is 2.68. The average molecular weight is 182 g/mol. The molecule has 13 heavy (non-hydrogen) atoms. The van der Waals surface area contributed by atoms with Crippen LogP contribution in [0.5, 0.6) is 0 Å². The molecular weight excluding hydrogens is 164 g/mol. The van der Waals surface area contributed by atoms with Crippen molar-refractivity contribution in [3.05, 3.63) is 12.7 Å². The highest BCUT2D eigenvalue weighted by Crippen LogP contribution is 2.41. The fourth-order valence-electron chi connectivity index (χ4n) is 2.16. The molecule has 0 amide bonds. The smallest absolute Gasteiger partial charge is 0.315 e. The summed E-state index contributed by atoms with van der Waals surface area (Å²) >= 11 is 0. The summed E-state index contributed by atoms with van der Waals surface area (Å²) in [5.74, 6) is 0.284. The van der Waals surface area contributed by atoms with E-state index in [4.69, 9.17) is 4.74 Å². The molecule has 1 aliphatic carbocycles.